The van der Waals surface area contributed by atoms with Crippen molar-refractivity contribution in [3.8, 4) is 0 Å². The average molecular weight is 351 g/mol. The van der Waals surface area contributed by atoms with Gasteiger partial charge >= 0.3 is 19.5 Å². The second-order valence-corrected chi connectivity index (χ2v) is 3.06. The molecule has 0 saturated heterocycles. The number of benzene rings is 2. The Morgan fingerprint density at radius 3 is 1.50 bits per heavy atom. The maximum atomic E-state index is 10.2. The van der Waals surface area contributed by atoms with Crippen LogP contribution in [0.3, 0.4) is 0 Å². The number of nitrogens with two attached hydrogens (primary N) is 1. The van der Waals surface area contributed by atoms with Gasteiger partial charge in [0.15, 0.2) is 0 Å². The van der Waals surface area contributed by atoms with Crippen LogP contribution in [-0.4, -0.2) is 5.97 Å². The third-order valence-electron chi connectivity index (χ3n) is 1.81. The summed E-state index contributed by atoms with van der Waals surface area (Å²) in [6.45, 7) is 0. The summed E-state index contributed by atoms with van der Waals surface area (Å²) >= 11 is 0. The van der Waals surface area contributed by atoms with Gasteiger partial charge in [-0.25, -0.2) is 0 Å². The zero-order valence-electron chi connectivity index (χ0n) is 9.40. The van der Waals surface area contributed by atoms with Gasteiger partial charge in [-0.1, -0.05) is 48.5 Å². The van der Waals surface area contributed by atoms with Crippen molar-refractivity contribution >= 4 is 11.7 Å². The molecule has 96 valence electrons. The molecule has 0 aliphatic carbocycles. The minimum atomic E-state index is -1.18. The number of rotatable bonds is 1. The summed E-state index contributed by atoms with van der Waals surface area (Å²) in [5, 5.41) is 10.2. The number of halogens is 1. The number of carbonyl (C=O) groups is 1. The van der Waals surface area contributed by atoms with Crippen molar-refractivity contribution in [1.29, 1.82) is 0 Å². The van der Waals surface area contributed by atoms with E-state index in [1.807, 2.05) is 36.4 Å². The van der Waals surface area contributed by atoms with Crippen LogP contribution in [0.4, 0.5) is 5.69 Å². The van der Waals surface area contributed by atoms with Gasteiger partial charge in [0, 0.05) is 5.69 Å². The Bertz CT molecular complexity index is 408. The van der Waals surface area contributed by atoms with Crippen LogP contribution in [-0.2, 0) is 19.5 Å². The molecule has 0 heterocycles. The molecule has 5 heteroatoms. The van der Waals surface area contributed by atoms with Crippen LogP contribution in [0.15, 0.2) is 60.7 Å². The van der Waals surface area contributed by atoms with Crippen LogP contribution in [0.1, 0.15) is 10.4 Å². The van der Waals surface area contributed by atoms with Gasteiger partial charge in [-0.05, 0) is 17.7 Å². The number of nitrogen functional groups attached to an aromatic ring is 1. The number of anilines is 1. The van der Waals surface area contributed by atoms with Crippen LogP contribution < -0.4 is 23.2 Å². The van der Waals surface area contributed by atoms with Gasteiger partial charge in [-0.3, -0.25) is 0 Å². The first-order valence-electron chi connectivity index (χ1n) is 4.77. The van der Waals surface area contributed by atoms with Gasteiger partial charge in [0.25, 0.3) is 0 Å². The summed E-state index contributed by atoms with van der Waals surface area (Å²) in [6, 6.07) is 17.9. The molecule has 0 saturated carbocycles. The van der Waals surface area contributed by atoms with Crippen molar-refractivity contribution in [3.63, 3.8) is 0 Å². The maximum absolute atomic E-state index is 10.2. The van der Waals surface area contributed by atoms with Gasteiger partial charge in [0.05, 0.1) is 5.97 Å². The molecule has 0 spiro atoms. The number of carboxylic acids is 1. The predicted molar refractivity (Wildman–Crippen MR) is 61.6 cm³/mol. The molecule has 2 aromatic carbocycles. The quantitative estimate of drug-likeness (QED) is 0.493. The van der Waals surface area contributed by atoms with E-state index >= 15 is 0 Å². The van der Waals surface area contributed by atoms with E-state index in [1.54, 1.807) is 0 Å². The molecule has 0 aliphatic rings. The van der Waals surface area contributed by atoms with E-state index in [4.69, 9.17) is 5.73 Å². The Hall–Kier alpha value is -1.38. The third-order valence-corrected chi connectivity index (χ3v) is 1.81. The van der Waals surface area contributed by atoms with Gasteiger partial charge in [0.2, 0.25) is 0 Å². The molecular weight excluding hydrogens is 339 g/mol. The summed E-state index contributed by atoms with van der Waals surface area (Å²) in [6.07, 6.45) is 0. The zero-order valence-corrected chi connectivity index (χ0v) is 11.9. The molecule has 0 fully saturated rings. The molecule has 0 radical (unpaired) electrons. The minimum Gasteiger partial charge on any atom is -1.00 e. The number of hydrogen-bond donors (Lipinski definition) is 1. The first-order chi connectivity index (χ1) is 7.70. The fourth-order valence-corrected chi connectivity index (χ4v) is 1.00. The number of aromatic carboxylic acids is 1. The third kappa shape index (κ3) is 7.83. The van der Waals surface area contributed by atoms with Crippen molar-refractivity contribution in [2.45, 2.75) is 0 Å². The molecule has 0 unspecified atom stereocenters. The summed E-state index contributed by atoms with van der Waals surface area (Å²) < 4.78 is 0. The molecule has 0 aliphatic heterocycles. The Balaban J connectivity index is 0. The molecule has 2 aromatic rings. The predicted octanol–water partition coefficient (Wildman–Crippen LogP) is -1.68. The largest absolute Gasteiger partial charge is 2.00 e. The topological polar surface area (TPSA) is 66.2 Å². The normalized spacial score (nSPS) is 7.78. The second-order valence-electron chi connectivity index (χ2n) is 3.06. The monoisotopic (exact) mass is 351 g/mol. The summed E-state index contributed by atoms with van der Waals surface area (Å²) in [7, 11) is 0. The maximum Gasteiger partial charge on any atom is 2.00 e. The average Bonchev–Trinajstić information content (AvgIpc) is 2.32. The number of carboxylic acid groups (broad SMARTS) is 1. The summed E-state index contributed by atoms with van der Waals surface area (Å²) in [5.74, 6) is -1.18. The first-order valence-corrected chi connectivity index (χ1v) is 4.77. The van der Waals surface area contributed by atoms with Crippen LogP contribution in [0.25, 0.3) is 0 Å². The molecule has 2 rings (SSSR count). The minimum absolute atomic E-state index is 0. The Morgan fingerprint density at radius 2 is 1.22 bits per heavy atom. The van der Waals surface area contributed by atoms with E-state index in [-0.39, 0.29) is 37.4 Å². The van der Waals surface area contributed by atoms with Crippen molar-refractivity contribution in [3.05, 3.63) is 66.2 Å². The number of hydrogen-bond acceptors (Lipinski definition) is 3. The van der Waals surface area contributed by atoms with Crippen LogP contribution in [0.5, 0.6) is 0 Å². The molecule has 3 nitrogen and oxygen atoms in total. The van der Waals surface area contributed by atoms with E-state index in [2.05, 4.69) is 0 Å². The van der Waals surface area contributed by atoms with E-state index in [0.717, 1.165) is 0 Å². The molecule has 18 heavy (non-hydrogen) atoms. The zero-order chi connectivity index (χ0) is 11.8. The van der Waals surface area contributed by atoms with Gasteiger partial charge in [0.1, 0.15) is 0 Å². The Morgan fingerprint density at radius 1 is 0.889 bits per heavy atom. The molecule has 0 bridgehead atoms. The molecule has 0 aromatic heterocycles. The van der Waals surface area contributed by atoms with Crippen molar-refractivity contribution < 1.29 is 41.8 Å². The van der Waals surface area contributed by atoms with E-state index in [0.29, 0.717) is 5.69 Å². The number of carbonyl (C=O) groups excluding carboxylic acids is 1. The SMILES string of the molecule is Nc1ccc(C(=O)[O-])cc1.[Cl-].[Ru+2].c1ccccc1. The fraction of sp³-hybridized carbons (Fsp3) is 0. The Kier molecular flexibility index (Phi) is 11.3. The second kappa shape index (κ2) is 10.8. The van der Waals surface area contributed by atoms with Crippen molar-refractivity contribution in [2.24, 2.45) is 0 Å². The van der Waals surface area contributed by atoms with Gasteiger partial charge in [-0.15, -0.1) is 0 Å². The fourth-order valence-electron chi connectivity index (χ4n) is 1.00. The van der Waals surface area contributed by atoms with Crippen molar-refractivity contribution in [2.75, 3.05) is 5.73 Å². The summed E-state index contributed by atoms with van der Waals surface area (Å²) in [4.78, 5) is 10.2. The Labute approximate surface area is 125 Å². The van der Waals surface area contributed by atoms with E-state index < -0.39 is 5.97 Å². The summed E-state index contributed by atoms with van der Waals surface area (Å²) in [5.41, 5.74) is 6.01. The van der Waals surface area contributed by atoms with Gasteiger partial charge in [-0.2, -0.15) is 0 Å². The molecule has 0 atom stereocenters. The van der Waals surface area contributed by atoms with Crippen LogP contribution in [0, 0.1) is 0 Å². The first kappa shape index (κ1) is 19.0. The van der Waals surface area contributed by atoms with Gasteiger partial charge < -0.3 is 28.0 Å². The van der Waals surface area contributed by atoms with Crippen LogP contribution >= 0.6 is 0 Å². The van der Waals surface area contributed by atoms with E-state index in [1.165, 1.54) is 24.3 Å². The smallest absolute Gasteiger partial charge is 1.00 e. The molecular formula is C13H12ClNO2Ru. The van der Waals surface area contributed by atoms with Crippen LogP contribution in [0.2, 0.25) is 0 Å². The van der Waals surface area contributed by atoms with Crippen molar-refractivity contribution in [1.82, 2.24) is 0 Å². The van der Waals surface area contributed by atoms with E-state index in [9.17, 15) is 9.90 Å². The molecule has 2 N–H and O–H groups in total. The standard InChI is InChI=1S/C7H7NO2.C6H6.ClH.Ru/c8-6-3-1-5(2-4-6)7(9)10;1-2-4-6-5-3-1;;/h1-4H,8H2,(H,9,10);1-6H;1H;/q;;;+2/p-2. The molecule has 0 amide bonds.